The fraction of sp³-hybridized carbons (Fsp3) is 0.545. The number of anilines is 1. The molecule has 1 heterocycles. The largest absolute Gasteiger partial charge is 0.465 e. The number of carbonyl (C=O) groups is 1. The Hall–Kier alpha value is -1.65. The summed E-state index contributed by atoms with van der Waals surface area (Å²) in [6.45, 7) is 5.17. The smallest absolute Gasteiger partial charge is 0.325 e. The van der Waals surface area contributed by atoms with Crippen LogP contribution in [0, 0.1) is 0 Å². The molecule has 5 heteroatoms. The molecule has 0 atom stereocenters. The van der Waals surface area contributed by atoms with E-state index in [1.54, 1.807) is 25.4 Å². The molecule has 0 radical (unpaired) electrons. The molecule has 0 aliphatic rings. The van der Waals surface area contributed by atoms with E-state index < -0.39 is 0 Å². The van der Waals surface area contributed by atoms with Gasteiger partial charge in [-0.25, -0.2) is 9.97 Å². The third kappa shape index (κ3) is 3.84. The van der Waals surface area contributed by atoms with Crippen LogP contribution in [0.4, 0.5) is 5.95 Å². The Bertz CT molecular complexity index is 316. The van der Waals surface area contributed by atoms with Crippen molar-refractivity contribution in [1.29, 1.82) is 0 Å². The zero-order valence-electron chi connectivity index (χ0n) is 9.72. The van der Waals surface area contributed by atoms with Crippen molar-refractivity contribution in [2.45, 2.75) is 20.3 Å². The summed E-state index contributed by atoms with van der Waals surface area (Å²) in [4.78, 5) is 21.4. The van der Waals surface area contributed by atoms with Crippen LogP contribution in [0.25, 0.3) is 0 Å². The van der Waals surface area contributed by atoms with Gasteiger partial charge in [-0.2, -0.15) is 0 Å². The average molecular weight is 223 g/mol. The fourth-order valence-corrected chi connectivity index (χ4v) is 1.34. The first kappa shape index (κ1) is 12.4. The van der Waals surface area contributed by atoms with Gasteiger partial charge in [0.25, 0.3) is 0 Å². The van der Waals surface area contributed by atoms with Crippen molar-refractivity contribution in [3.8, 4) is 0 Å². The lowest BCUT2D eigenvalue weighted by atomic mass is 10.4. The Labute approximate surface area is 95.5 Å². The lowest BCUT2D eigenvalue weighted by Crippen LogP contribution is -2.33. The number of esters is 1. The van der Waals surface area contributed by atoms with Crippen LogP contribution in [0.15, 0.2) is 18.5 Å². The maximum atomic E-state index is 11.4. The Morgan fingerprint density at radius 3 is 2.62 bits per heavy atom. The molecular weight excluding hydrogens is 206 g/mol. The molecule has 0 aliphatic carbocycles. The molecule has 5 nitrogen and oxygen atoms in total. The second-order valence-corrected chi connectivity index (χ2v) is 3.28. The molecule has 0 fully saturated rings. The molecular formula is C11H17N3O2. The quantitative estimate of drug-likeness (QED) is 0.679. The number of aromatic nitrogens is 2. The number of carbonyl (C=O) groups excluding carboxylic acids is 1. The molecule has 0 saturated heterocycles. The van der Waals surface area contributed by atoms with Gasteiger partial charge in [0.15, 0.2) is 0 Å². The predicted octanol–water partition coefficient (Wildman–Crippen LogP) is 1.26. The fourth-order valence-electron chi connectivity index (χ4n) is 1.34. The number of hydrogen-bond donors (Lipinski definition) is 0. The SMILES string of the molecule is CCCN(CC(=O)OCC)c1ncccn1. The van der Waals surface area contributed by atoms with Crippen molar-refractivity contribution in [3.63, 3.8) is 0 Å². The van der Waals surface area contributed by atoms with Crippen molar-refractivity contribution >= 4 is 11.9 Å². The number of ether oxygens (including phenoxy) is 1. The van der Waals surface area contributed by atoms with Crippen LogP contribution in [-0.2, 0) is 9.53 Å². The minimum atomic E-state index is -0.247. The van der Waals surface area contributed by atoms with Crippen molar-refractivity contribution in [2.24, 2.45) is 0 Å². The summed E-state index contributed by atoms with van der Waals surface area (Å²) in [5.74, 6) is 0.320. The third-order valence-corrected chi connectivity index (χ3v) is 1.95. The number of rotatable bonds is 6. The zero-order valence-corrected chi connectivity index (χ0v) is 9.72. The molecule has 0 unspecified atom stereocenters. The molecule has 1 aromatic heterocycles. The van der Waals surface area contributed by atoms with Crippen LogP contribution in [0.5, 0.6) is 0 Å². The lowest BCUT2D eigenvalue weighted by molar-refractivity contribution is -0.141. The Morgan fingerprint density at radius 1 is 1.38 bits per heavy atom. The zero-order chi connectivity index (χ0) is 11.8. The van der Waals surface area contributed by atoms with E-state index in [1.165, 1.54) is 0 Å². The van der Waals surface area contributed by atoms with E-state index in [-0.39, 0.29) is 12.5 Å². The van der Waals surface area contributed by atoms with Crippen LogP contribution in [0.2, 0.25) is 0 Å². The Balaban J connectivity index is 2.64. The molecule has 0 spiro atoms. The maximum absolute atomic E-state index is 11.4. The summed E-state index contributed by atoms with van der Waals surface area (Å²) in [5, 5.41) is 0. The summed E-state index contributed by atoms with van der Waals surface area (Å²) >= 11 is 0. The third-order valence-electron chi connectivity index (χ3n) is 1.95. The highest BCUT2D eigenvalue weighted by Gasteiger charge is 2.13. The van der Waals surface area contributed by atoms with Gasteiger partial charge in [-0.15, -0.1) is 0 Å². The van der Waals surface area contributed by atoms with Gasteiger partial charge in [0.05, 0.1) is 6.61 Å². The summed E-state index contributed by atoms with van der Waals surface area (Å²) in [6.07, 6.45) is 4.25. The highest BCUT2D eigenvalue weighted by Crippen LogP contribution is 2.05. The number of hydrogen-bond acceptors (Lipinski definition) is 5. The van der Waals surface area contributed by atoms with Crippen molar-refractivity contribution in [1.82, 2.24) is 9.97 Å². The second-order valence-electron chi connectivity index (χ2n) is 3.28. The molecule has 0 N–H and O–H groups in total. The molecule has 16 heavy (non-hydrogen) atoms. The Morgan fingerprint density at radius 2 is 2.06 bits per heavy atom. The van der Waals surface area contributed by atoms with E-state index in [0.29, 0.717) is 12.6 Å². The summed E-state index contributed by atoms with van der Waals surface area (Å²) in [6, 6.07) is 1.75. The van der Waals surface area contributed by atoms with Gasteiger partial charge in [-0.3, -0.25) is 4.79 Å². The Kier molecular flexibility index (Phi) is 5.25. The van der Waals surface area contributed by atoms with Gasteiger partial charge in [0, 0.05) is 18.9 Å². The van der Waals surface area contributed by atoms with Crippen LogP contribution in [0.3, 0.4) is 0 Å². The highest BCUT2D eigenvalue weighted by molar-refractivity contribution is 5.74. The van der Waals surface area contributed by atoms with E-state index in [2.05, 4.69) is 9.97 Å². The minimum absolute atomic E-state index is 0.200. The lowest BCUT2D eigenvalue weighted by Gasteiger charge is -2.20. The van der Waals surface area contributed by atoms with Gasteiger partial charge in [-0.05, 0) is 19.4 Å². The van der Waals surface area contributed by atoms with Crippen molar-refractivity contribution in [3.05, 3.63) is 18.5 Å². The van der Waals surface area contributed by atoms with Crippen molar-refractivity contribution < 1.29 is 9.53 Å². The minimum Gasteiger partial charge on any atom is -0.465 e. The molecule has 0 aromatic carbocycles. The maximum Gasteiger partial charge on any atom is 0.325 e. The first-order valence-corrected chi connectivity index (χ1v) is 5.45. The van der Waals surface area contributed by atoms with Gasteiger partial charge in [-0.1, -0.05) is 6.92 Å². The van der Waals surface area contributed by atoms with Crippen LogP contribution in [-0.4, -0.2) is 35.6 Å². The van der Waals surface area contributed by atoms with Gasteiger partial charge < -0.3 is 9.64 Å². The first-order chi connectivity index (χ1) is 7.77. The molecule has 0 bridgehead atoms. The summed E-state index contributed by atoms with van der Waals surface area (Å²) < 4.78 is 4.90. The van der Waals surface area contributed by atoms with Gasteiger partial charge in [0.2, 0.25) is 5.95 Å². The van der Waals surface area contributed by atoms with Crippen LogP contribution in [0.1, 0.15) is 20.3 Å². The molecule has 0 amide bonds. The van der Waals surface area contributed by atoms with Crippen LogP contribution < -0.4 is 4.90 Å². The number of nitrogens with zero attached hydrogens (tertiary/aromatic N) is 3. The van der Waals surface area contributed by atoms with E-state index >= 15 is 0 Å². The van der Waals surface area contributed by atoms with Crippen LogP contribution >= 0.6 is 0 Å². The van der Waals surface area contributed by atoms with Crippen molar-refractivity contribution in [2.75, 3.05) is 24.6 Å². The summed E-state index contributed by atoms with van der Waals surface area (Å²) in [7, 11) is 0. The van der Waals surface area contributed by atoms with E-state index in [4.69, 9.17) is 4.74 Å². The monoisotopic (exact) mass is 223 g/mol. The van der Waals surface area contributed by atoms with Gasteiger partial charge in [0.1, 0.15) is 6.54 Å². The first-order valence-electron chi connectivity index (χ1n) is 5.45. The van der Waals surface area contributed by atoms with E-state index in [1.807, 2.05) is 11.8 Å². The molecule has 0 saturated carbocycles. The van der Waals surface area contributed by atoms with E-state index in [9.17, 15) is 4.79 Å². The average Bonchev–Trinajstić information content (AvgIpc) is 2.30. The molecule has 1 aromatic rings. The molecule has 1 rings (SSSR count). The van der Waals surface area contributed by atoms with E-state index in [0.717, 1.165) is 13.0 Å². The summed E-state index contributed by atoms with van der Waals surface area (Å²) in [5.41, 5.74) is 0. The highest BCUT2D eigenvalue weighted by atomic mass is 16.5. The standard InChI is InChI=1S/C11H17N3O2/c1-3-8-14(9-10(15)16-4-2)11-12-6-5-7-13-11/h5-7H,3-4,8-9H2,1-2H3. The molecule has 88 valence electrons. The second kappa shape index (κ2) is 6.76. The molecule has 0 aliphatic heterocycles. The topological polar surface area (TPSA) is 55.3 Å². The normalized spacial score (nSPS) is 9.88. The van der Waals surface area contributed by atoms with Gasteiger partial charge >= 0.3 is 5.97 Å². The predicted molar refractivity (Wildman–Crippen MR) is 61.2 cm³/mol.